The van der Waals surface area contributed by atoms with Crippen LogP contribution < -0.4 is 5.73 Å². The van der Waals surface area contributed by atoms with Crippen LogP contribution in [0.25, 0.3) is 0 Å². The van der Waals surface area contributed by atoms with Crippen LogP contribution in [-0.2, 0) is 4.74 Å². The average Bonchev–Trinajstić information content (AvgIpc) is 2.66. The second-order valence-electron chi connectivity index (χ2n) is 4.07. The SMILES string of the molecule is CC1CN(C(CN)c2ccc(Br)s2)CCO1. The van der Waals surface area contributed by atoms with E-state index in [1.807, 2.05) is 0 Å². The van der Waals surface area contributed by atoms with Crippen molar-refractivity contribution in [3.05, 3.63) is 20.8 Å². The number of ether oxygens (including phenoxy) is 1. The van der Waals surface area contributed by atoms with Gasteiger partial charge in [0.05, 0.1) is 22.5 Å². The van der Waals surface area contributed by atoms with E-state index in [-0.39, 0.29) is 0 Å². The number of thiophene rings is 1. The largest absolute Gasteiger partial charge is 0.376 e. The maximum atomic E-state index is 5.90. The van der Waals surface area contributed by atoms with Crippen molar-refractivity contribution < 1.29 is 4.74 Å². The molecule has 1 fully saturated rings. The van der Waals surface area contributed by atoms with Gasteiger partial charge in [-0.3, -0.25) is 4.90 Å². The minimum absolute atomic E-state index is 0.311. The number of hydrogen-bond donors (Lipinski definition) is 1. The Labute approximate surface area is 109 Å². The summed E-state index contributed by atoms with van der Waals surface area (Å²) in [6.07, 6.45) is 0.311. The highest BCUT2D eigenvalue weighted by Crippen LogP contribution is 2.31. The second kappa shape index (κ2) is 5.60. The van der Waals surface area contributed by atoms with Crippen LogP contribution in [0.3, 0.4) is 0 Å². The normalized spacial score (nSPS) is 24.6. The van der Waals surface area contributed by atoms with Crippen molar-refractivity contribution in [2.45, 2.75) is 19.1 Å². The van der Waals surface area contributed by atoms with Crippen molar-refractivity contribution >= 4 is 27.3 Å². The van der Waals surface area contributed by atoms with Gasteiger partial charge in [0, 0.05) is 24.5 Å². The Balaban J connectivity index is 2.09. The number of hydrogen-bond acceptors (Lipinski definition) is 4. The van der Waals surface area contributed by atoms with Gasteiger partial charge in [-0.25, -0.2) is 0 Å². The predicted octanol–water partition coefficient (Wildman–Crippen LogP) is 2.23. The summed E-state index contributed by atoms with van der Waals surface area (Å²) in [5.74, 6) is 0. The maximum Gasteiger partial charge on any atom is 0.0702 e. The highest BCUT2D eigenvalue weighted by Gasteiger charge is 2.25. The van der Waals surface area contributed by atoms with Crippen LogP contribution in [-0.4, -0.2) is 37.2 Å². The van der Waals surface area contributed by atoms with Gasteiger partial charge in [-0.15, -0.1) is 11.3 Å². The molecule has 0 spiro atoms. The fourth-order valence-electron chi connectivity index (χ4n) is 2.08. The standard InChI is InChI=1S/C11H17BrN2OS/c1-8-7-14(4-5-15-8)9(6-13)10-2-3-11(12)16-10/h2-3,8-9H,4-7,13H2,1H3. The van der Waals surface area contributed by atoms with Crippen molar-refractivity contribution in [3.8, 4) is 0 Å². The molecule has 5 heteroatoms. The monoisotopic (exact) mass is 304 g/mol. The summed E-state index contributed by atoms with van der Waals surface area (Å²) in [4.78, 5) is 3.76. The van der Waals surface area contributed by atoms with Crippen LogP contribution in [0.2, 0.25) is 0 Å². The maximum absolute atomic E-state index is 5.90. The third kappa shape index (κ3) is 2.84. The zero-order valence-electron chi connectivity index (χ0n) is 9.36. The summed E-state index contributed by atoms with van der Waals surface area (Å²) in [6, 6.07) is 4.58. The van der Waals surface area contributed by atoms with Crippen molar-refractivity contribution in [3.63, 3.8) is 0 Å². The highest BCUT2D eigenvalue weighted by atomic mass is 79.9. The first-order valence-electron chi connectivity index (χ1n) is 5.51. The van der Waals surface area contributed by atoms with E-state index in [4.69, 9.17) is 10.5 Å². The molecule has 2 atom stereocenters. The van der Waals surface area contributed by atoms with E-state index < -0.39 is 0 Å². The van der Waals surface area contributed by atoms with Crippen molar-refractivity contribution in [1.29, 1.82) is 0 Å². The fourth-order valence-corrected chi connectivity index (χ4v) is 3.65. The Morgan fingerprint density at radius 1 is 1.69 bits per heavy atom. The van der Waals surface area contributed by atoms with Crippen molar-refractivity contribution in [1.82, 2.24) is 4.90 Å². The quantitative estimate of drug-likeness (QED) is 0.931. The molecular weight excluding hydrogens is 288 g/mol. The molecule has 0 radical (unpaired) electrons. The smallest absolute Gasteiger partial charge is 0.0702 e. The van der Waals surface area contributed by atoms with E-state index in [0.29, 0.717) is 18.7 Å². The first kappa shape index (κ1) is 12.5. The van der Waals surface area contributed by atoms with Crippen molar-refractivity contribution in [2.75, 3.05) is 26.2 Å². The third-order valence-corrected chi connectivity index (χ3v) is 4.58. The zero-order valence-corrected chi connectivity index (χ0v) is 11.8. The predicted molar refractivity (Wildman–Crippen MR) is 70.8 cm³/mol. The van der Waals surface area contributed by atoms with Crippen molar-refractivity contribution in [2.24, 2.45) is 5.73 Å². The van der Waals surface area contributed by atoms with Gasteiger partial charge in [0.2, 0.25) is 0 Å². The minimum Gasteiger partial charge on any atom is -0.376 e. The van der Waals surface area contributed by atoms with E-state index in [1.165, 1.54) is 8.66 Å². The summed E-state index contributed by atoms with van der Waals surface area (Å²) in [5, 5.41) is 0. The summed E-state index contributed by atoms with van der Waals surface area (Å²) in [7, 11) is 0. The molecule has 1 aromatic heterocycles. The molecule has 0 saturated carbocycles. The molecule has 2 unspecified atom stereocenters. The van der Waals surface area contributed by atoms with E-state index in [0.717, 1.165) is 19.7 Å². The first-order valence-corrected chi connectivity index (χ1v) is 7.12. The molecule has 0 amide bonds. The summed E-state index contributed by atoms with van der Waals surface area (Å²) in [6.45, 7) is 5.53. The molecule has 16 heavy (non-hydrogen) atoms. The van der Waals surface area contributed by atoms with Gasteiger partial charge in [0.25, 0.3) is 0 Å². The molecule has 0 bridgehead atoms. The molecule has 2 heterocycles. The fraction of sp³-hybridized carbons (Fsp3) is 0.636. The highest BCUT2D eigenvalue weighted by molar-refractivity contribution is 9.11. The van der Waals surface area contributed by atoms with Crippen LogP contribution in [0.4, 0.5) is 0 Å². The lowest BCUT2D eigenvalue weighted by atomic mass is 10.1. The van der Waals surface area contributed by atoms with E-state index >= 15 is 0 Å². The average molecular weight is 305 g/mol. The third-order valence-electron chi connectivity index (χ3n) is 2.86. The van der Waals surface area contributed by atoms with E-state index in [9.17, 15) is 0 Å². The Kier molecular flexibility index (Phi) is 4.38. The number of morpholine rings is 1. The molecule has 2 N–H and O–H groups in total. The molecule has 0 aromatic carbocycles. The lowest BCUT2D eigenvalue weighted by molar-refractivity contribution is -0.0328. The Morgan fingerprint density at radius 2 is 2.50 bits per heavy atom. The lowest BCUT2D eigenvalue weighted by Crippen LogP contribution is -2.44. The van der Waals surface area contributed by atoms with Gasteiger partial charge in [-0.2, -0.15) is 0 Å². The Bertz CT molecular complexity index is 344. The molecule has 2 rings (SSSR count). The number of halogens is 1. The van der Waals surface area contributed by atoms with E-state index in [1.54, 1.807) is 11.3 Å². The van der Waals surface area contributed by atoms with Crippen LogP contribution in [0, 0.1) is 0 Å². The molecule has 1 aromatic rings. The van der Waals surface area contributed by atoms with Gasteiger partial charge in [0.1, 0.15) is 0 Å². The molecule has 1 saturated heterocycles. The topological polar surface area (TPSA) is 38.5 Å². The second-order valence-corrected chi connectivity index (χ2v) is 6.56. The van der Waals surface area contributed by atoms with Gasteiger partial charge in [-0.05, 0) is 35.0 Å². The summed E-state index contributed by atoms with van der Waals surface area (Å²) in [5.41, 5.74) is 5.90. The number of rotatable bonds is 3. The Morgan fingerprint density at radius 3 is 3.06 bits per heavy atom. The molecular formula is C11H17BrN2OS. The van der Waals surface area contributed by atoms with Gasteiger partial charge in [-0.1, -0.05) is 0 Å². The molecule has 0 aliphatic carbocycles. The summed E-state index contributed by atoms with van der Waals surface area (Å²) < 4.78 is 6.72. The van der Waals surface area contributed by atoms with Crippen LogP contribution in [0.1, 0.15) is 17.8 Å². The molecule has 1 aliphatic rings. The summed E-state index contributed by atoms with van der Waals surface area (Å²) >= 11 is 5.27. The molecule has 3 nitrogen and oxygen atoms in total. The number of nitrogens with zero attached hydrogens (tertiary/aromatic N) is 1. The van der Waals surface area contributed by atoms with Crippen LogP contribution >= 0.6 is 27.3 Å². The number of nitrogens with two attached hydrogens (primary N) is 1. The lowest BCUT2D eigenvalue weighted by Gasteiger charge is -2.36. The van der Waals surface area contributed by atoms with Gasteiger partial charge in [0.15, 0.2) is 0 Å². The van der Waals surface area contributed by atoms with Crippen LogP contribution in [0.5, 0.6) is 0 Å². The molecule has 1 aliphatic heterocycles. The minimum atomic E-state index is 0.311. The first-order chi connectivity index (χ1) is 7.70. The van der Waals surface area contributed by atoms with E-state index in [2.05, 4.69) is 39.9 Å². The molecule has 90 valence electrons. The zero-order chi connectivity index (χ0) is 11.5. The van der Waals surface area contributed by atoms with Crippen LogP contribution in [0.15, 0.2) is 15.9 Å². The Hall–Kier alpha value is 0.0600. The van der Waals surface area contributed by atoms with Gasteiger partial charge >= 0.3 is 0 Å². The van der Waals surface area contributed by atoms with Gasteiger partial charge < -0.3 is 10.5 Å².